The van der Waals surface area contributed by atoms with E-state index in [1.54, 1.807) is 18.7 Å². The lowest BCUT2D eigenvalue weighted by atomic mass is 10.1. The van der Waals surface area contributed by atoms with Gasteiger partial charge in [-0.2, -0.15) is 0 Å². The minimum absolute atomic E-state index is 0.865. The number of fused-ring (bicyclic) bond motifs is 1. The van der Waals surface area contributed by atoms with Crippen LogP contribution in [0.25, 0.3) is 16.8 Å². The van der Waals surface area contributed by atoms with Crippen LogP contribution in [0.5, 0.6) is 0 Å². The summed E-state index contributed by atoms with van der Waals surface area (Å²) in [6, 6.07) is 7.93. The molecule has 0 atom stereocenters. The monoisotopic (exact) mass is 196 g/mol. The second-order valence-corrected chi connectivity index (χ2v) is 3.22. The summed E-state index contributed by atoms with van der Waals surface area (Å²) >= 11 is 0. The van der Waals surface area contributed by atoms with E-state index in [1.807, 2.05) is 34.9 Å². The van der Waals surface area contributed by atoms with Crippen LogP contribution in [0.3, 0.4) is 0 Å². The van der Waals surface area contributed by atoms with E-state index in [-0.39, 0.29) is 0 Å². The van der Waals surface area contributed by atoms with Crippen LogP contribution in [0.4, 0.5) is 0 Å². The highest BCUT2D eigenvalue weighted by Gasteiger charge is 2.04. The smallest absolute Gasteiger partial charge is 0.168 e. The lowest BCUT2D eigenvalue weighted by Crippen LogP contribution is -1.86. The Morgan fingerprint density at radius 3 is 2.80 bits per heavy atom. The molecule has 0 aliphatic rings. The molecule has 0 saturated carbocycles. The molecule has 15 heavy (non-hydrogen) atoms. The maximum atomic E-state index is 4.09. The van der Waals surface area contributed by atoms with Gasteiger partial charge in [-0.3, -0.25) is 9.38 Å². The molecule has 0 N–H and O–H groups in total. The molecule has 3 aromatic rings. The van der Waals surface area contributed by atoms with Gasteiger partial charge in [-0.25, -0.2) is 0 Å². The number of hydrogen-bond donors (Lipinski definition) is 0. The quantitative estimate of drug-likeness (QED) is 0.596. The van der Waals surface area contributed by atoms with Crippen molar-refractivity contribution in [2.75, 3.05) is 0 Å². The van der Waals surface area contributed by atoms with Crippen molar-refractivity contribution in [3.05, 3.63) is 49.2 Å². The second-order valence-electron chi connectivity index (χ2n) is 3.22. The Labute approximate surface area is 86.2 Å². The Kier molecular flexibility index (Phi) is 1.71. The number of aromatic nitrogens is 4. The molecule has 0 aliphatic carbocycles. The molecule has 0 amide bonds. The molecule has 0 aromatic carbocycles. The molecule has 3 rings (SSSR count). The van der Waals surface area contributed by atoms with Crippen molar-refractivity contribution in [2.45, 2.75) is 0 Å². The van der Waals surface area contributed by atoms with E-state index < -0.39 is 0 Å². The average molecular weight is 196 g/mol. The molecule has 72 valence electrons. The third kappa shape index (κ3) is 1.27. The van der Waals surface area contributed by atoms with E-state index in [0.29, 0.717) is 0 Å². The van der Waals surface area contributed by atoms with Gasteiger partial charge in [0.1, 0.15) is 6.33 Å². The Morgan fingerprint density at radius 2 is 1.93 bits per heavy atom. The van der Waals surface area contributed by atoms with Gasteiger partial charge in [0.25, 0.3) is 0 Å². The van der Waals surface area contributed by atoms with Crippen molar-refractivity contribution in [3.63, 3.8) is 0 Å². The molecule has 0 radical (unpaired) electrons. The molecule has 0 unspecified atom stereocenters. The number of nitrogens with zero attached hydrogens (tertiary/aromatic N) is 4. The average Bonchev–Trinajstić information content (AvgIpc) is 2.78. The molecule has 0 aliphatic heterocycles. The molecule has 0 fully saturated rings. The van der Waals surface area contributed by atoms with Crippen LogP contribution in [0.1, 0.15) is 0 Å². The second kappa shape index (κ2) is 3.16. The zero-order chi connectivity index (χ0) is 10.1. The molecule has 0 bridgehead atoms. The predicted octanol–water partition coefficient (Wildman–Crippen LogP) is 1.79. The fourth-order valence-corrected chi connectivity index (χ4v) is 1.61. The number of rotatable bonds is 1. The van der Waals surface area contributed by atoms with Gasteiger partial charge in [0, 0.05) is 24.2 Å². The van der Waals surface area contributed by atoms with Gasteiger partial charge < -0.3 is 0 Å². The Balaban J connectivity index is 2.31. The first-order valence-electron chi connectivity index (χ1n) is 4.64. The SMILES string of the molecule is c1cc(-c2ccncc2)c2nncn2c1. The lowest BCUT2D eigenvalue weighted by molar-refractivity contribution is 1.10. The maximum absolute atomic E-state index is 4.09. The fourth-order valence-electron chi connectivity index (χ4n) is 1.61. The van der Waals surface area contributed by atoms with Gasteiger partial charge in [0.15, 0.2) is 5.65 Å². The van der Waals surface area contributed by atoms with Crippen LogP contribution in [0.2, 0.25) is 0 Å². The topological polar surface area (TPSA) is 43.1 Å². The van der Waals surface area contributed by atoms with Crippen molar-refractivity contribution < 1.29 is 0 Å². The van der Waals surface area contributed by atoms with Crippen LogP contribution in [-0.4, -0.2) is 19.6 Å². The summed E-state index contributed by atoms with van der Waals surface area (Å²) < 4.78 is 1.90. The lowest BCUT2D eigenvalue weighted by Gasteiger charge is -2.01. The van der Waals surface area contributed by atoms with Crippen molar-refractivity contribution in [3.8, 4) is 11.1 Å². The first-order chi connectivity index (χ1) is 7.45. The number of hydrogen-bond acceptors (Lipinski definition) is 3. The highest BCUT2D eigenvalue weighted by atomic mass is 15.2. The third-order valence-corrected chi connectivity index (χ3v) is 2.31. The Hall–Kier alpha value is -2.23. The van der Waals surface area contributed by atoms with Crippen LogP contribution in [0, 0.1) is 0 Å². The standard InChI is InChI=1S/C11H8N4/c1-2-10(9-3-5-12-6-4-9)11-14-13-8-15(11)7-1/h1-8H. The molecule has 0 saturated heterocycles. The van der Waals surface area contributed by atoms with E-state index in [9.17, 15) is 0 Å². The molecule has 3 heterocycles. The van der Waals surface area contributed by atoms with E-state index in [2.05, 4.69) is 15.2 Å². The third-order valence-electron chi connectivity index (χ3n) is 2.31. The van der Waals surface area contributed by atoms with Gasteiger partial charge in [0.2, 0.25) is 0 Å². The van der Waals surface area contributed by atoms with Gasteiger partial charge in [-0.05, 0) is 29.8 Å². The summed E-state index contributed by atoms with van der Waals surface area (Å²) in [6.07, 6.45) is 7.17. The van der Waals surface area contributed by atoms with Gasteiger partial charge >= 0.3 is 0 Å². The molecular formula is C11H8N4. The normalized spacial score (nSPS) is 10.7. The van der Waals surface area contributed by atoms with Gasteiger partial charge in [-0.1, -0.05) is 0 Å². The molecule has 0 spiro atoms. The predicted molar refractivity (Wildman–Crippen MR) is 56.2 cm³/mol. The summed E-state index contributed by atoms with van der Waals surface area (Å²) in [7, 11) is 0. The van der Waals surface area contributed by atoms with Gasteiger partial charge in [-0.15, -0.1) is 10.2 Å². The summed E-state index contributed by atoms with van der Waals surface area (Å²) in [6.45, 7) is 0. The van der Waals surface area contributed by atoms with Crippen LogP contribution < -0.4 is 0 Å². The van der Waals surface area contributed by atoms with Crippen LogP contribution >= 0.6 is 0 Å². The number of pyridine rings is 2. The van der Waals surface area contributed by atoms with Crippen LogP contribution in [-0.2, 0) is 0 Å². The zero-order valence-electron chi connectivity index (χ0n) is 7.91. The Morgan fingerprint density at radius 1 is 1.07 bits per heavy atom. The molecule has 3 aromatic heterocycles. The van der Waals surface area contributed by atoms with Crippen LogP contribution in [0.15, 0.2) is 49.2 Å². The van der Waals surface area contributed by atoms with Crippen molar-refractivity contribution in [2.24, 2.45) is 0 Å². The first-order valence-corrected chi connectivity index (χ1v) is 4.64. The highest BCUT2D eigenvalue weighted by molar-refractivity contribution is 5.76. The van der Waals surface area contributed by atoms with E-state index in [1.165, 1.54) is 0 Å². The summed E-state index contributed by atoms with van der Waals surface area (Å²) in [5.41, 5.74) is 3.03. The molecule has 4 heteroatoms. The molecule has 4 nitrogen and oxygen atoms in total. The fraction of sp³-hybridized carbons (Fsp3) is 0. The largest absolute Gasteiger partial charge is 0.289 e. The Bertz CT molecular complexity index is 586. The van der Waals surface area contributed by atoms with Gasteiger partial charge in [0.05, 0.1) is 0 Å². The van der Waals surface area contributed by atoms with Crippen molar-refractivity contribution in [1.82, 2.24) is 19.6 Å². The summed E-state index contributed by atoms with van der Waals surface area (Å²) in [4.78, 5) is 4.00. The first kappa shape index (κ1) is 8.11. The van der Waals surface area contributed by atoms with E-state index in [0.717, 1.165) is 16.8 Å². The maximum Gasteiger partial charge on any atom is 0.168 e. The van der Waals surface area contributed by atoms with E-state index >= 15 is 0 Å². The minimum Gasteiger partial charge on any atom is -0.289 e. The summed E-state index contributed by atoms with van der Waals surface area (Å²) in [5, 5.41) is 7.97. The van der Waals surface area contributed by atoms with E-state index in [4.69, 9.17) is 0 Å². The van der Waals surface area contributed by atoms with Crippen molar-refractivity contribution in [1.29, 1.82) is 0 Å². The minimum atomic E-state index is 0.865. The highest BCUT2D eigenvalue weighted by Crippen LogP contribution is 2.21. The van der Waals surface area contributed by atoms with Crippen molar-refractivity contribution >= 4 is 5.65 Å². The zero-order valence-corrected chi connectivity index (χ0v) is 7.91. The summed E-state index contributed by atoms with van der Waals surface area (Å²) in [5.74, 6) is 0. The molecular weight excluding hydrogens is 188 g/mol.